The number of aryl methyl sites for hydroxylation is 1. The quantitative estimate of drug-likeness (QED) is 0.0160. The van der Waals surface area contributed by atoms with Crippen LogP contribution in [0.4, 0.5) is 11.4 Å². The van der Waals surface area contributed by atoms with Crippen molar-refractivity contribution in [2.75, 3.05) is 152 Å². The lowest BCUT2D eigenvalue weighted by atomic mass is 9.84. The summed E-state index contributed by atoms with van der Waals surface area (Å²) in [5, 5.41) is 25.2. The van der Waals surface area contributed by atoms with Gasteiger partial charge in [0, 0.05) is 92.8 Å². The first-order valence-corrected chi connectivity index (χ1v) is 39.2. The normalized spacial score (nSPS) is 15.8. The largest absolute Gasteiger partial charge is 0.508 e. The number of benzene rings is 5. The van der Waals surface area contributed by atoms with Crippen LogP contribution in [0.15, 0.2) is 114 Å². The van der Waals surface area contributed by atoms with E-state index in [1.54, 1.807) is 41.3 Å². The van der Waals surface area contributed by atoms with Gasteiger partial charge in [-0.3, -0.25) is 33.8 Å². The SMILES string of the molecule is COc1cc2c(cc1OCCCOc1cc3c(cc1OC)C(=O)N1C=C(c4ccc(NC(=O)C(C)CCCC(=O)C(CCC(=O)CCOCCOCCOCCOCCOCCOCCOCCOCCNC(=O)CCCc5cc(O)ccc5O)C(C)C)cc4)CC1C=N3)CC=CC1CC(c3ccc4c(c3)OCO4)=CN1C2=O. The fourth-order valence-corrected chi connectivity index (χ4v) is 13.7. The molecule has 4 unspecified atom stereocenters. The summed E-state index contributed by atoms with van der Waals surface area (Å²) < 4.78 is 79.5. The van der Waals surface area contributed by atoms with E-state index >= 15 is 0 Å². The fourth-order valence-electron chi connectivity index (χ4n) is 13.7. The van der Waals surface area contributed by atoms with Gasteiger partial charge in [-0.05, 0) is 145 Å². The number of hydrogen-bond acceptors (Lipinski definition) is 23. The Labute approximate surface area is 661 Å². The van der Waals surface area contributed by atoms with Gasteiger partial charge in [0.15, 0.2) is 34.5 Å². The van der Waals surface area contributed by atoms with Crippen LogP contribution in [0.3, 0.4) is 0 Å². The molecule has 5 aliphatic heterocycles. The second-order valence-corrected chi connectivity index (χ2v) is 28.4. The molecule has 0 spiro atoms. The number of ketones is 2. The lowest BCUT2D eigenvalue weighted by Crippen LogP contribution is -2.33. The number of methoxy groups -OCH3 is 2. The van der Waals surface area contributed by atoms with Crippen molar-refractivity contribution in [1.29, 1.82) is 0 Å². The van der Waals surface area contributed by atoms with E-state index < -0.39 is 0 Å². The maximum Gasteiger partial charge on any atom is 0.260 e. The van der Waals surface area contributed by atoms with Gasteiger partial charge in [0.25, 0.3) is 11.8 Å². The maximum atomic E-state index is 14.2. The number of carbonyl (C=O) groups is 6. The van der Waals surface area contributed by atoms with Crippen molar-refractivity contribution in [3.8, 4) is 46.0 Å². The third-order valence-electron chi connectivity index (χ3n) is 20.0. The minimum atomic E-state index is -0.347. The Hall–Kier alpha value is -9.71. The van der Waals surface area contributed by atoms with Gasteiger partial charge < -0.3 is 97.0 Å². The summed E-state index contributed by atoms with van der Waals surface area (Å²) in [6, 6.07) is 24.3. The van der Waals surface area contributed by atoms with Crippen molar-refractivity contribution in [3.05, 3.63) is 143 Å². The van der Waals surface area contributed by atoms with E-state index in [-0.39, 0.29) is 110 Å². The Kier molecular flexibility index (Phi) is 34.3. The number of aliphatic imine (C=N–C) groups is 1. The predicted molar refractivity (Wildman–Crippen MR) is 423 cm³/mol. The minimum Gasteiger partial charge on any atom is -0.508 e. The molecule has 5 aromatic carbocycles. The standard InChI is InChI=1S/C86H109N5O22/c1-58(2)71(23-21-69(92)26-30-102-32-34-104-36-38-106-40-42-108-44-45-109-43-41-107-39-37-105-35-33-103-31-27-87-83(96)15-8-12-63-48-70(93)22-24-75(63)94)76(95)14-6-10-59(3)84(97)89-66-19-16-60(17-20-66)64-47-68-54-88-74-53-82(79(101-5)52-73(74)86(99)91(68)55-64)111-29-9-28-110-81-50-62-11-7-13-67-46-65(61-18-25-77-80(49-61)113-57-112-77)56-90(67)85(98)72(62)51-78(81)100-4/h7,13,16-20,22,24-25,48-56,58-59,67-68,71,93-94H,6,8-12,14-15,21,23,26-47,57H2,1-5H3,(H,87,96)(H,89,97). The van der Waals surface area contributed by atoms with Crippen molar-refractivity contribution in [2.24, 2.45) is 22.7 Å². The number of ether oxygens (including phenoxy) is 14. The number of phenolic OH excluding ortho intramolecular Hbond substituents is 2. The molecular weight excluding hydrogens is 1450 g/mol. The van der Waals surface area contributed by atoms with E-state index in [0.717, 1.165) is 27.8 Å². The summed E-state index contributed by atoms with van der Waals surface area (Å²) in [5.74, 6) is 2.38. The number of fused-ring (bicyclic) bond motifs is 5. The van der Waals surface area contributed by atoms with E-state index in [9.17, 15) is 39.0 Å². The van der Waals surface area contributed by atoms with Crippen LogP contribution in [0.25, 0.3) is 11.1 Å². The molecule has 610 valence electrons. The van der Waals surface area contributed by atoms with Crippen LogP contribution in [-0.2, 0) is 69.9 Å². The molecule has 0 saturated heterocycles. The molecule has 5 heterocycles. The highest BCUT2D eigenvalue weighted by Gasteiger charge is 2.36. The van der Waals surface area contributed by atoms with Crippen LogP contribution in [-0.4, -0.2) is 220 Å². The molecular formula is C86H109N5O22. The number of carbonyl (C=O) groups excluding carboxylic acids is 6. The number of allylic oxidation sites excluding steroid dienone is 1. The van der Waals surface area contributed by atoms with E-state index in [4.69, 9.17) is 71.3 Å². The van der Waals surface area contributed by atoms with E-state index in [2.05, 4.69) is 22.8 Å². The number of hydrogen-bond donors (Lipinski definition) is 4. The first kappa shape index (κ1) is 85.7. The molecule has 5 aliphatic rings. The smallest absolute Gasteiger partial charge is 0.260 e. The fraction of sp³-hybridized carbons (Fsp3) is 0.500. The van der Waals surface area contributed by atoms with Crippen LogP contribution >= 0.6 is 0 Å². The number of Topliss-reactive ketones (excluding diaryl/α,β-unsaturated/α-hetero) is 2. The number of rotatable bonds is 52. The van der Waals surface area contributed by atoms with Crippen LogP contribution in [0, 0.1) is 17.8 Å². The molecule has 0 fully saturated rings. The molecule has 0 aromatic heterocycles. The summed E-state index contributed by atoms with van der Waals surface area (Å²) in [4.78, 5) is 88.3. The van der Waals surface area contributed by atoms with Crippen LogP contribution in [0.5, 0.6) is 46.0 Å². The molecule has 4 N–H and O–H groups in total. The van der Waals surface area contributed by atoms with Crippen molar-refractivity contribution >= 4 is 63.9 Å². The first-order chi connectivity index (χ1) is 55.0. The van der Waals surface area contributed by atoms with Crippen molar-refractivity contribution < 1.29 is 105 Å². The van der Waals surface area contributed by atoms with E-state index in [1.807, 2.05) is 81.7 Å². The number of phenols is 2. The van der Waals surface area contributed by atoms with Gasteiger partial charge in [-0.1, -0.05) is 51.1 Å². The molecule has 27 nitrogen and oxygen atoms in total. The van der Waals surface area contributed by atoms with Crippen LogP contribution < -0.4 is 39.1 Å². The second-order valence-electron chi connectivity index (χ2n) is 28.4. The monoisotopic (exact) mass is 1560 g/mol. The highest BCUT2D eigenvalue weighted by Crippen LogP contribution is 2.43. The van der Waals surface area contributed by atoms with Gasteiger partial charge >= 0.3 is 0 Å². The maximum absolute atomic E-state index is 14.2. The first-order valence-electron chi connectivity index (χ1n) is 39.2. The zero-order valence-electron chi connectivity index (χ0n) is 65.6. The molecule has 113 heavy (non-hydrogen) atoms. The number of nitrogens with zero attached hydrogens (tertiary/aromatic N) is 3. The average Bonchev–Trinajstić information content (AvgIpc) is 1.75. The average molecular weight is 1560 g/mol. The molecule has 0 bridgehead atoms. The number of nitrogens with one attached hydrogen (secondary N) is 2. The highest BCUT2D eigenvalue weighted by molar-refractivity contribution is 6.06. The summed E-state index contributed by atoms with van der Waals surface area (Å²) in [6.45, 7) is 13.4. The topological polar surface area (TPSA) is 315 Å². The number of amides is 4. The minimum absolute atomic E-state index is 0.0436. The lowest BCUT2D eigenvalue weighted by molar-refractivity contribution is -0.126. The molecule has 4 amide bonds. The second kappa shape index (κ2) is 45.3. The summed E-state index contributed by atoms with van der Waals surface area (Å²) >= 11 is 0. The Morgan fingerprint density at radius 3 is 1.78 bits per heavy atom. The summed E-state index contributed by atoms with van der Waals surface area (Å²) in [7, 11) is 3.08. The Morgan fingerprint density at radius 2 is 1.13 bits per heavy atom. The molecule has 27 heteroatoms. The van der Waals surface area contributed by atoms with Gasteiger partial charge in [-0.25, -0.2) is 0 Å². The summed E-state index contributed by atoms with van der Waals surface area (Å²) in [6.07, 6.45) is 15.7. The predicted octanol–water partition coefficient (Wildman–Crippen LogP) is 11.6. The van der Waals surface area contributed by atoms with Gasteiger partial charge in [-0.2, -0.15) is 0 Å². The summed E-state index contributed by atoms with van der Waals surface area (Å²) in [5.41, 5.74) is 7.29. The zero-order valence-corrected chi connectivity index (χ0v) is 65.6. The van der Waals surface area contributed by atoms with Crippen molar-refractivity contribution in [1.82, 2.24) is 15.1 Å². The Balaban J connectivity index is 0.520. The van der Waals surface area contributed by atoms with Gasteiger partial charge in [0.2, 0.25) is 18.6 Å². The third kappa shape index (κ3) is 26.2. The Bertz CT molecular complexity index is 4100. The van der Waals surface area contributed by atoms with E-state index in [0.29, 0.717) is 245 Å². The van der Waals surface area contributed by atoms with Crippen molar-refractivity contribution in [3.63, 3.8) is 0 Å². The zero-order chi connectivity index (χ0) is 79.7. The van der Waals surface area contributed by atoms with Crippen LogP contribution in [0.1, 0.15) is 134 Å². The molecule has 5 aromatic rings. The molecule has 10 rings (SSSR count). The third-order valence-corrected chi connectivity index (χ3v) is 20.0. The van der Waals surface area contributed by atoms with Crippen LogP contribution in [0.2, 0.25) is 0 Å². The lowest BCUT2D eigenvalue weighted by Gasteiger charge is -2.25. The molecule has 0 radical (unpaired) electrons. The highest BCUT2D eigenvalue weighted by atomic mass is 16.7. The number of anilines is 1. The number of aromatic hydroxyl groups is 2. The molecule has 4 atom stereocenters. The molecule has 0 aliphatic carbocycles. The van der Waals surface area contributed by atoms with E-state index in [1.165, 1.54) is 25.3 Å². The van der Waals surface area contributed by atoms with Gasteiger partial charge in [0.1, 0.15) is 23.1 Å². The Morgan fingerprint density at radius 1 is 0.558 bits per heavy atom. The van der Waals surface area contributed by atoms with Crippen molar-refractivity contribution in [2.45, 2.75) is 116 Å². The van der Waals surface area contributed by atoms with Gasteiger partial charge in [-0.15, -0.1) is 0 Å². The molecule has 0 saturated carbocycles. The van der Waals surface area contributed by atoms with Gasteiger partial charge in [0.05, 0.1) is 156 Å².